The van der Waals surface area contributed by atoms with Crippen molar-refractivity contribution in [1.29, 1.82) is 0 Å². The number of fused-ring (bicyclic) bond motifs is 1. The van der Waals surface area contributed by atoms with Crippen molar-refractivity contribution >= 4 is 22.7 Å². The topological polar surface area (TPSA) is 75.3 Å². The molecule has 3 rings (SSSR count). The summed E-state index contributed by atoms with van der Waals surface area (Å²) in [7, 11) is 0. The summed E-state index contributed by atoms with van der Waals surface area (Å²) < 4.78 is 0. The van der Waals surface area contributed by atoms with E-state index in [1.165, 1.54) is 0 Å². The Labute approximate surface area is 112 Å². The number of aromatic nitrogens is 2. The predicted octanol–water partition coefficient (Wildman–Crippen LogP) is 1.42. The number of nitrogens with zero attached hydrogens (tertiary/aromatic N) is 3. The van der Waals surface area contributed by atoms with E-state index in [1.807, 2.05) is 24.3 Å². The van der Waals surface area contributed by atoms with Crippen LogP contribution in [-0.4, -0.2) is 34.3 Å². The van der Waals surface area contributed by atoms with Gasteiger partial charge in [-0.05, 0) is 24.5 Å². The Morgan fingerprint density at radius 1 is 1.37 bits per heavy atom. The van der Waals surface area contributed by atoms with Crippen LogP contribution in [0.4, 0.5) is 11.8 Å². The minimum absolute atomic E-state index is 0.109. The minimum Gasteiger partial charge on any atom is -0.394 e. The zero-order valence-corrected chi connectivity index (χ0v) is 11.0. The third kappa shape index (κ3) is 2.00. The number of aliphatic hydroxyl groups is 1. The highest BCUT2D eigenvalue weighted by Gasteiger charge is 2.32. The van der Waals surface area contributed by atoms with Gasteiger partial charge in [-0.25, -0.2) is 4.98 Å². The van der Waals surface area contributed by atoms with Crippen LogP contribution in [0.15, 0.2) is 24.3 Å². The molecule has 0 radical (unpaired) electrons. The van der Waals surface area contributed by atoms with E-state index in [4.69, 9.17) is 5.73 Å². The van der Waals surface area contributed by atoms with E-state index in [0.717, 1.165) is 29.7 Å². The fraction of sp³-hybridized carbons (Fsp3) is 0.429. The Bertz CT molecular complexity index is 601. The van der Waals surface area contributed by atoms with Crippen molar-refractivity contribution in [3.05, 3.63) is 24.3 Å². The van der Waals surface area contributed by atoms with Crippen LogP contribution in [0.2, 0.25) is 0 Å². The first-order valence-corrected chi connectivity index (χ1v) is 6.60. The van der Waals surface area contributed by atoms with E-state index in [9.17, 15) is 5.11 Å². The highest BCUT2D eigenvalue weighted by molar-refractivity contribution is 5.90. The number of benzene rings is 1. The number of para-hydroxylation sites is 1. The number of hydrogen-bond donors (Lipinski definition) is 2. The van der Waals surface area contributed by atoms with Crippen molar-refractivity contribution in [1.82, 2.24) is 9.97 Å². The predicted molar refractivity (Wildman–Crippen MR) is 76.0 cm³/mol. The maximum atomic E-state index is 9.59. The fourth-order valence-corrected chi connectivity index (χ4v) is 2.85. The molecule has 0 aliphatic carbocycles. The monoisotopic (exact) mass is 258 g/mol. The Morgan fingerprint density at radius 2 is 2.16 bits per heavy atom. The number of rotatable bonds is 2. The molecule has 100 valence electrons. The average molecular weight is 258 g/mol. The van der Waals surface area contributed by atoms with E-state index in [1.54, 1.807) is 0 Å². The summed E-state index contributed by atoms with van der Waals surface area (Å²) in [5.74, 6) is 1.58. The normalized spacial score (nSPS) is 23.2. The van der Waals surface area contributed by atoms with Crippen LogP contribution in [0, 0.1) is 5.92 Å². The molecule has 0 spiro atoms. The standard InChI is InChI=1S/C14H18N4O/c1-9-6-7-18(12(9)8-19)13-10-4-2-3-5-11(10)16-14(15)17-13/h2-5,9,12,19H,6-8H2,1H3,(H2,15,16,17). The Kier molecular flexibility index (Phi) is 2.98. The molecule has 5 heteroatoms. The van der Waals surface area contributed by atoms with Gasteiger partial charge in [0.1, 0.15) is 5.82 Å². The number of aliphatic hydroxyl groups excluding tert-OH is 1. The lowest BCUT2D eigenvalue weighted by atomic mass is 10.0. The van der Waals surface area contributed by atoms with Gasteiger partial charge in [-0.15, -0.1) is 0 Å². The van der Waals surface area contributed by atoms with Gasteiger partial charge in [0.25, 0.3) is 0 Å². The quantitative estimate of drug-likeness (QED) is 0.852. The first-order chi connectivity index (χ1) is 9.20. The van der Waals surface area contributed by atoms with Crippen molar-refractivity contribution in [2.45, 2.75) is 19.4 Å². The van der Waals surface area contributed by atoms with Gasteiger partial charge in [-0.3, -0.25) is 0 Å². The lowest BCUT2D eigenvalue weighted by Gasteiger charge is -2.27. The SMILES string of the molecule is CC1CCN(c2nc(N)nc3ccccc23)C1CO. The second-order valence-electron chi connectivity index (χ2n) is 5.13. The van der Waals surface area contributed by atoms with Gasteiger partial charge >= 0.3 is 0 Å². The first-order valence-electron chi connectivity index (χ1n) is 6.60. The second kappa shape index (κ2) is 4.66. The minimum atomic E-state index is 0.109. The molecule has 0 amide bonds. The molecule has 2 aromatic rings. The third-order valence-corrected chi connectivity index (χ3v) is 3.94. The summed E-state index contributed by atoms with van der Waals surface area (Å²) in [5.41, 5.74) is 6.65. The van der Waals surface area contributed by atoms with Gasteiger partial charge in [-0.1, -0.05) is 19.1 Å². The van der Waals surface area contributed by atoms with Gasteiger partial charge in [0.2, 0.25) is 5.95 Å². The van der Waals surface area contributed by atoms with Gasteiger partial charge in [0.05, 0.1) is 18.2 Å². The van der Waals surface area contributed by atoms with E-state index in [2.05, 4.69) is 21.8 Å². The lowest BCUT2D eigenvalue weighted by Crippen LogP contribution is -2.36. The molecule has 5 nitrogen and oxygen atoms in total. The van der Waals surface area contributed by atoms with Crippen molar-refractivity contribution in [3.63, 3.8) is 0 Å². The largest absolute Gasteiger partial charge is 0.394 e. The lowest BCUT2D eigenvalue weighted by molar-refractivity contribution is 0.244. The van der Waals surface area contributed by atoms with Gasteiger partial charge in [0, 0.05) is 11.9 Å². The maximum Gasteiger partial charge on any atom is 0.222 e. The molecule has 2 unspecified atom stereocenters. The van der Waals surface area contributed by atoms with E-state index >= 15 is 0 Å². The third-order valence-electron chi connectivity index (χ3n) is 3.94. The van der Waals surface area contributed by atoms with E-state index < -0.39 is 0 Å². The van der Waals surface area contributed by atoms with Crippen LogP contribution >= 0.6 is 0 Å². The van der Waals surface area contributed by atoms with Crippen LogP contribution in [-0.2, 0) is 0 Å². The molecule has 19 heavy (non-hydrogen) atoms. The van der Waals surface area contributed by atoms with E-state index in [-0.39, 0.29) is 18.6 Å². The molecular formula is C14H18N4O. The maximum absolute atomic E-state index is 9.59. The summed E-state index contributed by atoms with van der Waals surface area (Å²) in [4.78, 5) is 10.8. The molecule has 1 aliphatic heterocycles. The molecular weight excluding hydrogens is 240 g/mol. The molecule has 2 atom stereocenters. The number of hydrogen-bond acceptors (Lipinski definition) is 5. The summed E-state index contributed by atoms with van der Waals surface area (Å²) >= 11 is 0. The molecule has 1 fully saturated rings. The summed E-state index contributed by atoms with van der Waals surface area (Å²) in [6.07, 6.45) is 1.06. The number of nitrogens with two attached hydrogens (primary N) is 1. The second-order valence-corrected chi connectivity index (χ2v) is 5.13. The van der Waals surface area contributed by atoms with Crippen molar-refractivity contribution in [2.75, 3.05) is 23.8 Å². The van der Waals surface area contributed by atoms with Gasteiger partial charge in [0.15, 0.2) is 0 Å². The highest BCUT2D eigenvalue weighted by Crippen LogP contribution is 2.32. The van der Waals surface area contributed by atoms with Crippen molar-refractivity contribution in [3.8, 4) is 0 Å². The smallest absolute Gasteiger partial charge is 0.222 e. The van der Waals surface area contributed by atoms with Crippen LogP contribution in [0.5, 0.6) is 0 Å². The highest BCUT2D eigenvalue weighted by atomic mass is 16.3. The molecule has 1 saturated heterocycles. The molecule has 1 aliphatic rings. The molecule has 0 saturated carbocycles. The van der Waals surface area contributed by atoms with Crippen LogP contribution in [0.1, 0.15) is 13.3 Å². The van der Waals surface area contributed by atoms with Gasteiger partial charge < -0.3 is 15.7 Å². The van der Waals surface area contributed by atoms with E-state index in [0.29, 0.717) is 5.92 Å². The summed E-state index contributed by atoms with van der Waals surface area (Å²) in [6, 6.07) is 7.96. The zero-order valence-electron chi connectivity index (χ0n) is 11.0. The first kappa shape index (κ1) is 12.2. The average Bonchev–Trinajstić information content (AvgIpc) is 2.78. The molecule has 1 aromatic carbocycles. The summed E-state index contributed by atoms with van der Waals surface area (Å²) in [6.45, 7) is 3.19. The Morgan fingerprint density at radius 3 is 2.95 bits per heavy atom. The van der Waals surface area contributed by atoms with Crippen LogP contribution < -0.4 is 10.6 Å². The molecule has 3 N–H and O–H groups in total. The van der Waals surface area contributed by atoms with Crippen LogP contribution in [0.25, 0.3) is 10.9 Å². The summed E-state index contributed by atoms with van der Waals surface area (Å²) in [5, 5.41) is 10.6. The molecule has 2 heterocycles. The van der Waals surface area contributed by atoms with Crippen molar-refractivity contribution < 1.29 is 5.11 Å². The van der Waals surface area contributed by atoms with Crippen molar-refractivity contribution in [2.24, 2.45) is 5.92 Å². The number of anilines is 2. The molecule has 0 bridgehead atoms. The Balaban J connectivity index is 2.14. The van der Waals surface area contributed by atoms with Crippen LogP contribution in [0.3, 0.4) is 0 Å². The van der Waals surface area contributed by atoms with Gasteiger partial charge in [-0.2, -0.15) is 4.98 Å². The Hall–Kier alpha value is -1.88. The number of nitrogen functional groups attached to an aromatic ring is 1. The zero-order chi connectivity index (χ0) is 13.4. The fourth-order valence-electron chi connectivity index (χ4n) is 2.85. The molecule has 1 aromatic heterocycles.